The van der Waals surface area contributed by atoms with Crippen LogP contribution in [0.25, 0.3) is 6.08 Å². The highest BCUT2D eigenvalue weighted by atomic mass is 16.5. The van der Waals surface area contributed by atoms with Crippen molar-refractivity contribution in [3.8, 4) is 11.5 Å². The van der Waals surface area contributed by atoms with Crippen molar-refractivity contribution in [2.75, 3.05) is 13.7 Å². The van der Waals surface area contributed by atoms with Gasteiger partial charge >= 0.3 is 5.97 Å². The average Bonchev–Trinajstić information content (AvgIpc) is 2.80. The molecule has 1 aliphatic rings. The summed E-state index contributed by atoms with van der Waals surface area (Å²) in [7, 11) is 1.35. The minimum Gasteiger partial charge on any atom is -0.488 e. The number of esters is 1. The van der Waals surface area contributed by atoms with E-state index in [1.165, 1.54) is 7.11 Å². The van der Waals surface area contributed by atoms with E-state index < -0.39 is 0 Å². The lowest BCUT2D eigenvalue weighted by molar-refractivity contribution is 0.0600. The number of para-hydroxylation sites is 2. The molecule has 0 bridgehead atoms. The zero-order chi connectivity index (χ0) is 20.9. The number of fused-ring (bicyclic) bond motifs is 1. The van der Waals surface area contributed by atoms with E-state index in [1.54, 1.807) is 24.3 Å². The highest BCUT2D eigenvalue weighted by Crippen LogP contribution is 2.29. The van der Waals surface area contributed by atoms with Crippen LogP contribution in [0.1, 0.15) is 31.8 Å². The highest BCUT2D eigenvalue weighted by molar-refractivity contribution is 6.14. The van der Waals surface area contributed by atoms with Crippen LogP contribution in [0.2, 0.25) is 0 Å². The Hall–Kier alpha value is -3.86. The van der Waals surface area contributed by atoms with Gasteiger partial charge in [0.05, 0.1) is 18.2 Å². The second-order valence-corrected chi connectivity index (χ2v) is 6.80. The lowest BCUT2D eigenvalue weighted by Gasteiger charge is -2.19. The molecule has 0 unspecified atom stereocenters. The van der Waals surface area contributed by atoms with Gasteiger partial charge in [-0.25, -0.2) is 4.79 Å². The van der Waals surface area contributed by atoms with Crippen LogP contribution in [0.4, 0.5) is 0 Å². The van der Waals surface area contributed by atoms with Crippen LogP contribution in [-0.2, 0) is 11.3 Å². The summed E-state index contributed by atoms with van der Waals surface area (Å²) in [5, 5.41) is 0. The second-order valence-electron chi connectivity index (χ2n) is 6.80. The Bertz CT molecular complexity index is 1110. The first-order chi connectivity index (χ1) is 14.7. The van der Waals surface area contributed by atoms with E-state index in [2.05, 4.69) is 0 Å². The summed E-state index contributed by atoms with van der Waals surface area (Å²) in [4.78, 5) is 24.3. The summed E-state index contributed by atoms with van der Waals surface area (Å²) in [6.45, 7) is 0.550. The predicted molar refractivity (Wildman–Crippen MR) is 113 cm³/mol. The Labute approximate surface area is 174 Å². The van der Waals surface area contributed by atoms with Crippen molar-refractivity contribution in [1.82, 2.24) is 0 Å². The molecule has 1 aliphatic heterocycles. The first-order valence-corrected chi connectivity index (χ1v) is 9.52. The molecule has 4 rings (SSSR count). The van der Waals surface area contributed by atoms with Gasteiger partial charge < -0.3 is 14.2 Å². The number of carbonyl (C=O) groups is 2. The summed E-state index contributed by atoms with van der Waals surface area (Å²) in [5.41, 5.74) is 3.35. The molecule has 150 valence electrons. The number of ketones is 1. The first-order valence-electron chi connectivity index (χ1n) is 9.52. The van der Waals surface area contributed by atoms with Crippen molar-refractivity contribution < 1.29 is 23.8 Å². The summed E-state index contributed by atoms with van der Waals surface area (Å²) in [6, 6.07) is 21.8. The number of hydrogen-bond acceptors (Lipinski definition) is 5. The van der Waals surface area contributed by atoms with E-state index in [0.717, 1.165) is 11.1 Å². The van der Waals surface area contributed by atoms with Gasteiger partial charge in [-0.15, -0.1) is 0 Å². The van der Waals surface area contributed by atoms with Gasteiger partial charge in [-0.05, 0) is 42.0 Å². The van der Waals surface area contributed by atoms with Gasteiger partial charge in [0.15, 0.2) is 5.78 Å². The van der Waals surface area contributed by atoms with Crippen molar-refractivity contribution in [2.45, 2.75) is 6.61 Å². The third-order valence-corrected chi connectivity index (χ3v) is 4.82. The van der Waals surface area contributed by atoms with Crippen molar-refractivity contribution in [2.24, 2.45) is 0 Å². The van der Waals surface area contributed by atoms with Crippen LogP contribution in [0.5, 0.6) is 11.5 Å². The number of carbonyl (C=O) groups excluding carboxylic acids is 2. The molecule has 3 aromatic rings. The maximum Gasteiger partial charge on any atom is 0.337 e. The number of hydrogen-bond donors (Lipinski definition) is 0. The standard InChI is InChI=1S/C25H20O5/c1-28-25(27)18-12-10-17(11-13-18)15-29-22-8-4-2-6-19(22)14-20-16-30-23-9-5-3-7-21(23)24(20)26/h2-14H,15-16H2,1H3/b20-14-. The molecule has 0 atom stereocenters. The van der Waals surface area contributed by atoms with E-state index in [-0.39, 0.29) is 18.4 Å². The Kier molecular flexibility index (Phi) is 5.61. The molecular weight excluding hydrogens is 380 g/mol. The minimum atomic E-state index is -0.375. The van der Waals surface area contributed by atoms with Crippen LogP contribution in [-0.4, -0.2) is 25.5 Å². The van der Waals surface area contributed by atoms with Crippen LogP contribution >= 0.6 is 0 Å². The molecule has 0 saturated heterocycles. The maximum absolute atomic E-state index is 12.8. The molecule has 0 aliphatic carbocycles. The molecule has 0 aromatic heterocycles. The summed E-state index contributed by atoms with van der Waals surface area (Å²) < 4.78 is 16.4. The maximum atomic E-state index is 12.8. The molecule has 5 nitrogen and oxygen atoms in total. The molecular formula is C25H20O5. The van der Waals surface area contributed by atoms with Gasteiger partial charge in [-0.1, -0.05) is 42.5 Å². The molecule has 3 aromatic carbocycles. The van der Waals surface area contributed by atoms with Gasteiger partial charge in [0, 0.05) is 11.1 Å². The number of Topliss-reactive ketones (excluding diaryl/α,β-unsaturated/α-hetero) is 1. The Morgan fingerprint density at radius 2 is 1.73 bits per heavy atom. The first kappa shape index (κ1) is 19.5. The Balaban J connectivity index is 1.51. The van der Waals surface area contributed by atoms with Gasteiger partial charge in [-0.3, -0.25) is 4.79 Å². The molecule has 0 fully saturated rings. The third-order valence-electron chi connectivity index (χ3n) is 4.82. The fourth-order valence-electron chi connectivity index (χ4n) is 3.22. The normalized spacial score (nSPS) is 14.0. The van der Waals surface area contributed by atoms with Gasteiger partial charge in [0.25, 0.3) is 0 Å². The monoisotopic (exact) mass is 400 g/mol. The van der Waals surface area contributed by atoms with Crippen LogP contribution in [0.15, 0.2) is 78.4 Å². The van der Waals surface area contributed by atoms with E-state index in [4.69, 9.17) is 14.2 Å². The fraction of sp³-hybridized carbons (Fsp3) is 0.120. The quantitative estimate of drug-likeness (QED) is 0.458. The summed E-state index contributed by atoms with van der Waals surface area (Å²) in [6.07, 6.45) is 1.81. The molecule has 1 heterocycles. The van der Waals surface area contributed by atoms with Gasteiger partial charge in [0.2, 0.25) is 0 Å². The lowest BCUT2D eigenvalue weighted by atomic mass is 9.98. The summed E-state index contributed by atoms with van der Waals surface area (Å²) >= 11 is 0. The Morgan fingerprint density at radius 3 is 2.53 bits per heavy atom. The van der Waals surface area contributed by atoms with Gasteiger partial charge in [-0.2, -0.15) is 0 Å². The second kappa shape index (κ2) is 8.66. The van der Waals surface area contributed by atoms with Crippen molar-refractivity contribution in [3.05, 3.63) is 101 Å². The third kappa shape index (κ3) is 4.10. The zero-order valence-corrected chi connectivity index (χ0v) is 16.5. The number of benzene rings is 3. The van der Waals surface area contributed by atoms with E-state index in [9.17, 15) is 9.59 Å². The lowest BCUT2D eigenvalue weighted by Crippen LogP contribution is -2.18. The largest absolute Gasteiger partial charge is 0.488 e. The molecule has 0 N–H and O–H groups in total. The van der Waals surface area contributed by atoms with Crippen molar-refractivity contribution in [3.63, 3.8) is 0 Å². The average molecular weight is 400 g/mol. The van der Waals surface area contributed by atoms with E-state index in [1.807, 2.05) is 54.6 Å². The Morgan fingerprint density at radius 1 is 1.00 bits per heavy atom. The molecule has 5 heteroatoms. The fourth-order valence-corrected chi connectivity index (χ4v) is 3.22. The predicted octanol–water partition coefficient (Wildman–Crippen LogP) is 4.71. The summed E-state index contributed by atoms with van der Waals surface area (Å²) in [5.74, 6) is 0.860. The van der Waals surface area contributed by atoms with Crippen LogP contribution in [0.3, 0.4) is 0 Å². The highest BCUT2D eigenvalue weighted by Gasteiger charge is 2.23. The number of ether oxygens (including phenoxy) is 3. The topological polar surface area (TPSA) is 61.8 Å². The minimum absolute atomic E-state index is 0.0370. The van der Waals surface area contributed by atoms with Crippen LogP contribution in [0, 0.1) is 0 Å². The number of rotatable bonds is 5. The van der Waals surface area contributed by atoms with Crippen molar-refractivity contribution >= 4 is 17.8 Å². The van der Waals surface area contributed by atoms with E-state index >= 15 is 0 Å². The molecule has 0 amide bonds. The number of methoxy groups -OCH3 is 1. The van der Waals surface area contributed by atoms with Gasteiger partial charge in [0.1, 0.15) is 24.7 Å². The molecule has 0 radical (unpaired) electrons. The van der Waals surface area contributed by atoms with E-state index in [0.29, 0.717) is 34.8 Å². The van der Waals surface area contributed by atoms with Crippen LogP contribution < -0.4 is 9.47 Å². The van der Waals surface area contributed by atoms with Crippen molar-refractivity contribution in [1.29, 1.82) is 0 Å². The molecule has 0 spiro atoms. The molecule has 0 saturated carbocycles. The zero-order valence-electron chi connectivity index (χ0n) is 16.5. The molecule has 30 heavy (non-hydrogen) atoms. The SMILES string of the molecule is COC(=O)c1ccc(COc2ccccc2/C=C2/COc3ccccc3C2=O)cc1. The smallest absolute Gasteiger partial charge is 0.337 e.